The van der Waals surface area contributed by atoms with Gasteiger partial charge in [0.1, 0.15) is 0 Å². The number of rotatable bonds is 3. The average Bonchev–Trinajstić information content (AvgIpc) is 3.02. The van der Waals surface area contributed by atoms with E-state index in [1.54, 1.807) is 11.8 Å². The number of carboxylic acid groups (broad SMARTS) is 1. The number of carbonyl (C=O) groups is 1. The van der Waals surface area contributed by atoms with E-state index in [1.165, 1.54) is 4.90 Å². The number of benzene rings is 2. The number of pyridine rings is 1. The summed E-state index contributed by atoms with van der Waals surface area (Å²) in [7, 11) is 0. The molecule has 0 saturated heterocycles. The fourth-order valence-electron chi connectivity index (χ4n) is 3.42. The van der Waals surface area contributed by atoms with Crippen LogP contribution in [-0.4, -0.2) is 22.3 Å². The molecule has 3 nitrogen and oxygen atoms in total. The standard InChI is InChI=1S/C21H17NO2S/c1-25-15-9-6-13(7-10-15)12-14-8-11-17-19(21(23)24)16-4-2-3-5-18(16)22-20(14)17/h2-7,9-10,12H,8,11H2,1H3,(H,23,24)/b14-12+. The van der Waals surface area contributed by atoms with Crippen LogP contribution in [0, 0.1) is 0 Å². The first-order chi connectivity index (χ1) is 12.2. The highest BCUT2D eigenvalue weighted by Crippen LogP contribution is 2.37. The molecule has 3 aromatic rings. The van der Waals surface area contributed by atoms with Crippen LogP contribution in [0.15, 0.2) is 53.4 Å². The van der Waals surface area contributed by atoms with Crippen molar-refractivity contribution in [2.75, 3.05) is 6.26 Å². The molecule has 0 bridgehead atoms. The molecule has 1 aliphatic carbocycles. The minimum absolute atomic E-state index is 0.404. The van der Waals surface area contributed by atoms with Gasteiger partial charge >= 0.3 is 5.97 Å². The monoisotopic (exact) mass is 347 g/mol. The predicted molar refractivity (Wildman–Crippen MR) is 103 cm³/mol. The quantitative estimate of drug-likeness (QED) is 0.666. The number of aromatic nitrogens is 1. The summed E-state index contributed by atoms with van der Waals surface area (Å²) in [5, 5.41) is 10.5. The molecule has 25 heavy (non-hydrogen) atoms. The zero-order valence-electron chi connectivity index (χ0n) is 13.8. The Morgan fingerprint density at radius 1 is 1.12 bits per heavy atom. The summed E-state index contributed by atoms with van der Waals surface area (Å²) < 4.78 is 0. The third-order valence-corrected chi connectivity index (χ3v) is 5.36. The van der Waals surface area contributed by atoms with Crippen molar-refractivity contribution < 1.29 is 9.90 Å². The smallest absolute Gasteiger partial charge is 0.336 e. The second kappa shape index (κ2) is 6.37. The van der Waals surface area contributed by atoms with E-state index in [1.807, 2.05) is 24.3 Å². The van der Waals surface area contributed by atoms with E-state index in [4.69, 9.17) is 4.98 Å². The zero-order valence-corrected chi connectivity index (χ0v) is 14.6. The van der Waals surface area contributed by atoms with Crippen molar-refractivity contribution >= 4 is 40.3 Å². The van der Waals surface area contributed by atoms with Crippen molar-refractivity contribution in [1.29, 1.82) is 0 Å². The molecule has 1 heterocycles. The highest BCUT2D eigenvalue weighted by molar-refractivity contribution is 7.98. The highest BCUT2D eigenvalue weighted by atomic mass is 32.2. The first kappa shape index (κ1) is 15.9. The third-order valence-electron chi connectivity index (χ3n) is 4.61. The van der Waals surface area contributed by atoms with Crippen LogP contribution < -0.4 is 0 Å². The molecule has 4 rings (SSSR count). The number of allylic oxidation sites excluding steroid dienone is 1. The van der Waals surface area contributed by atoms with Crippen LogP contribution in [0.4, 0.5) is 0 Å². The normalized spacial score (nSPS) is 14.8. The van der Waals surface area contributed by atoms with Crippen LogP contribution in [0.2, 0.25) is 0 Å². The van der Waals surface area contributed by atoms with Crippen LogP contribution in [0.3, 0.4) is 0 Å². The van der Waals surface area contributed by atoms with Gasteiger partial charge in [0, 0.05) is 10.3 Å². The Hall–Kier alpha value is -2.59. The van der Waals surface area contributed by atoms with Gasteiger partial charge in [0.25, 0.3) is 0 Å². The van der Waals surface area contributed by atoms with Crippen molar-refractivity contribution in [3.8, 4) is 0 Å². The molecule has 0 saturated carbocycles. The Morgan fingerprint density at radius 3 is 2.60 bits per heavy atom. The second-order valence-corrected chi connectivity index (χ2v) is 6.96. The summed E-state index contributed by atoms with van der Waals surface area (Å²) in [6, 6.07) is 15.9. The molecule has 0 amide bonds. The first-order valence-electron chi connectivity index (χ1n) is 8.17. The fourth-order valence-corrected chi connectivity index (χ4v) is 3.83. The Balaban J connectivity index is 1.87. The first-order valence-corrected chi connectivity index (χ1v) is 9.40. The van der Waals surface area contributed by atoms with Gasteiger partial charge in [-0.15, -0.1) is 11.8 Å². The molecule has 0 unspecified atom stereocenters. The van der Waals surface area contributed by atoms with Crippen LogP contribution in [-0.2, 0) is 6.42 Å². The number of para-hydroxylation sites is 1. The van der Waals surface area contributed by atoms with Crippen LogP contribution in [0.25, 0.3) is 22.6 Å². The molecule has 0 spiro atoms. The van der Waals surface area contributed by atoms with Crippen molar-refractivity contribution in [3.63, 3.8) is 0 Å². The maximum Gasteiger partial charge on any atom is 0.336 e. The van der Waals surface area contributed by atoms with Crippen molar-refractivity contribution in [2.24, 2.45) is 0 Å². The lowest BCUT2D eigenvalue weighted by Crippen LogP contribution is -2.05. The lowest BCUT2D eigenvalue weighted by Gasteiger charge is -2.09. The van der Waals surface area contributed by atoms with Gasteiger partial charge in [-0.05, 0) is 60.1 Å². The highest BCUT2D eigenvalue weighted by Gasteiger charge is 2.26. The van der Waals surface area contributed by atoms with Gasteiger partial charge in [-0.2, -0.15) is 0 Å². The van der Waals surface area contributed by atoms with Crippen LogP contribution in [0.5, 0.6) is 0 Å². The molecule has 2 aromatic carbocycles. The van der Waals surface area contributed by atoms with Crippen molar-refractivity contribution in [1.82, 2.24) is 4.98 Å². The van der Waals surface area contributed by atoms with E-state index < -0.39 is 5.97 Å². The largest absolute Gasteiger partial charge is 0.478 e. The van der Waals surface area contributed by atoms with Gasteiger partial charge < -0.3 is 5.11 Å². The number of fused-ring (bicyclic) bond motifs is 2. The topological polar surface area (TPSA) is 50.2 Å². The Labute approximate surface area is 150 Å². The lowest BCUT2D eigenvalue weighted by molar-refractivity contribution is 0.0698. The number of hydrogen-bond acceptors (Lipinski definition) is 3. The average molecular weight is 347 g/mol. The maximum absolute atomic E-state index is 11.9. The van der Waals surface area contributed by atoms with E-state index in [2.05, 4.69) is 36.6 Å². The number of thioether (sulfide) groups is 1. The van der Waals surface area contributed by atoms with E-state index >= 15 is 0 Å². The summed E-state index contributed by atoms with van der Waals surface area (Å²) in [4.78, 5) is 17.9. The van der Waals surface area contributed by atoms with E-state index in [0.717, 1.165) is 46.1 Å². The second-order valence-electron chi connectivity index (χ2n) is 6.08. The summed E-state index contributed by atoms with van der Waals surface area (Å²) in [5.74, 6) is -0.875. The molecule has 1 aliphatic rings. The SMILES string of the molecule is CSc1ccc(/C=C2\CCc3c2nc2ccccc2c3C(=O)O)cc1. The van der Waals surface area contributed by atoms with Gasteiger partial charge in [0.05, 0.1) is 16.8 Å². The predicted octanol–water partition coefficient (Wildman–Crippen LogP) is 5.14. The number of carboxylic acids is 1. The van der Waals surface area contributed by atoms with Crippen LogP contribution >= 0.6 is 11.8 Å². The fraction of sp³-hybridized carbons (Fsp3) is 0.143. The van der Waals surface area contributed by atoms with Crippen molar-refractivity contribution in [2.45, 2.75) is 17.7 Å². The minimum atomic E-state index is -0.875. The summed E-state index contributed by atoms with van der Waals surface area (Å²) >= 11 is 1.72. The molecule has 0 fully saturated rings. The van der Waals surface area contributed by atoms with E-state index in [9.17, 15) is 9.90 Å². The van der Waals surface area contributed by atoms with E-state index in [-0.39, 0.29) is 0 Å². The maximum atomic E-state index is 11.9. The molecule has 124 valence electrons. The minimum Gasteiger partial charge on any atom is -0.478 e. The van der Waals surface area contributed by atoms with Gasteiger partial charge in [-0.25, -0.2) is 9.78 Å². The summed E-state index contributed by atoms with van der Waals surface area (Å²) in [6.07, 6.45) is 5.74. The Morgan fingerprint density at radius 2 is 1.88 bits per heavy atom. The molecule has 1 N–H and O–H groups in total. The number of hydrogen-bond donors (Lipinski definition) is 1. The van der Waals surface area contributed by atoms with E-state index in [0.29, 0.717) is 5.56 Å². The Bertz CT molecular complexity index is 1010. The zero-order chi connectivity index (χ0) is 17.4. The molecule has 1 aromatic heterocycles. The summed E-state index contributed by atoms with van der Waals surface area (Å²) in [6.45, 7) is 0. The molecule has 0 radical (unpaired) electrons. The van der Waals surface area contributed by atoms with Crippen molar-refractivity contribution in [3.05, 3.63) is 70.9 Å². The molecule has 4 heteroatoms. The lowest BCUT2D eigenvalue weighted by atomic mass is 10.0. The third kappa shape index (κ3) is 2.83. The van der Waals surface area contributed by atoms with Crippen LogP contribution in [0.1, 0.15) is 33.6 Å². The molecule has 0 atom stereocenters. The van der Waals surface area contributed by atoms with Gasteiger partial charge in [0.2, 0.25) is 0 Å². The van der Waals surface area contributed by atoms with Gasteiger partial charge in [-0.1, -0.05) is 30.3 Å². The molecule has 0 aliphatic heterocycles. The molecular weight excluding hydrogens is 330 g/mol. The molecular formula is C21H17NO2S. The van der Waals surface area contributed by atoms with Gasteiger partial charge in [0.15, 0.2) is 0 Å². The number of nitrogens with zero attached hydrogens (tertiary/aromatic N) is 1. The number of aromatic carboxylic acids is 1. The Kier molecular flexibility index (Phi) is 4.06. The van der Waals surface area contributed by atoms with Gasteiger partial charge in [-0.3, -0.25) is 0 Å². The summed E-state index contributed by atoms with van der Waals surface area (Å²) in [5.41, 5.74) is 5.07.